The number of aliphatic hydroxyl groups is 4. The van der Waals surface area contributed by atoms with Gasteiger partial charge in [-0.2, -0.15) is 0 Å². The van der Waals surface area contributed by atoms with Gasteiger partial charge in [0.1, 0.15) is 18.3 Å². The second-order valence-corrected chi connectivity index (χ2v) is 3.61. The van der Waals surface area contributed by atoms with Gasteiger partial charge in [0.25, 0.3) is 0 Å². The number of hydrogen-bond donors (Lipinski definition) is 5. The number of nitrogens with zero attached hydrogens (tertiary/aromatic N) is 1. The summed E-state index contributed by atoms with van der Waals surface area (Å²) in [5, 5.41) is 37.3. The van der Waals surface area contributed by atoms with Crippen molar-refractivity contribution in [2.75, 3.05) is 13.2 Å². The van der Waals surface area contributed by atoms with Crippen molar-refractivity contribution in [2.45, 2.75) is 32.2 Å². The Kier molecular flexibility index (Phi) is 6.66. The summed E-state index contributed by atoms with van der Waals surface area (Å²) in [4.78, 5) is 21.8. The van der Waals surface area contributed by atoms with E-state index in [4.69, 9.17) is 10.2 Å². The van der Waals surface area contributed by atoms with E-state index in [0.29, 0.717) is 0 Å². The number of amides is 2. The molecule has 0 aliphatic carbocycles. The monoisotopic (exact) mass is 250 g/mol. The predicted molar refractivity (Wildman–Crippen MR) is 56.3 cm³/mol. The van der Waals surface area contributed by atoms with Gasteiger partial charge in [0, 0.05) is 13.8 Å². The minimum atomic E-state index is -1.62. The number of hydrazine groups is 1. The van der Waals surface area contributed by atoms with Gasteiger partial charge in [-0.3, -0.25) is 20.0 Å². The summed E-state index contributed by atoms with van der Waals surface area (Å²) in [5.41, 5.74) is 2.15. The van der Waals surface area contributed by atoms with Crippen molar-refractivity contribution >= 4 is 11.8 Å². The van der Waals surface area contributed by atoms with Crippen LogP contribution in [0.4, 0.5) is 0 Å². The van der Waals surface area contributed by atoms with E-state index in [0.717, 1.165) is 11.9 Å². The molecule has 0 spiro atoms. The predicted octanol–water partition coefficient (Wildman–Crippen LogP) is -3.04. The Morgan fingerprint density at radius 1 is 1.18 bits per heavy atom. The molecule has 0 aromatic heterocycles. The third kappa shape index (κ3) is 5.59. The lowest BCUT2D eigenvalue weighted by Gasteiger charge is -2.27. The molecule has 0 saturated heterocycles. The van der Waals surface area contributed by atoms with Gasteiger partial charge in [0.15, 0.2) is 0 Å². The summed E-state index contributed by atoms with van der Waals surface area (Å²) in [6.07, 6.45) is -4.63. The van der Waals surface area contributed by atoms with E-state index < -0.39 is 43.3 Å². The standard InChI is InChI=1S/C9H18N2O6/c1-5(13)10-11(6(2)14)3-7(15)9(17)8(16)4-12/h7-9,12,15-17H,3-4H2,1-2H3,(H,10,13)/t7-,8-,9-/m1/s1. The van der Waals surface area contributed by atoms with Crippen LogP contribution in [0.15, 0.2) is 0 Å². The molecular weight excluding hydrogens is 232 g/mol. The zero-order valence-electron chi connectivity index (χ0n) is 9.70. The van der Waals surface area contributed by atoms with E-state index in [-0.39, 0.29) is 0 Å². The first kappa shape index (κ1) is 15.8. The molecule has 8 nitrogen and oxygen atoms in total. The molecule has 0 aliphatic heterocycles. The molecule has 0 saturated carbocycles. The molecule has 0 unspecified atom stereocenters. The Bertz CT molecular complexity index is 272. The maximum atomic E-state index is 11.1. The van der Waals surface area contributed by atoms with Crippen molar-refractivity contribution in [1.29, 1.82) is 0 Å². The number of carbonyl (C=O) groups excluding carboxylic acids is 2. The zero-order chi connectivity index (χ0) is 13.6. The summed E-state index contributed by atoms with van der Waals surface area (Å²) in [6, 6.07) is 0. The normalized spacial score (nSPS) is 15.9. The first-order valence-corrected chi connectivity index (χ1v) is 5.00. The van der Waals surface area contributed by atoms with Gasteiger partial charge in [-0.1, -0.05) is 0 Å². The van der Waals surface area contributed by atoms with Crippen LogP contribution in [0.25, 0.3) is 0 Å². The first-order valence-electron chi connectivity index (χ1n) is 5.00. The minimum Gasteiger partial charge on any atom is -0.394 e. The van der Waals surface area contributed by atoms with E-state index >= 15 is 0 Å². The molecule has 8 heteroatoms. The van der Waals surface area contributed by atoms with Crippen LogP contribution in [0.5, 0.6) is 0 Å². The van der Waals surface area contributed by atoms with Crippen LogP contribution >= 0.6 is 0 Å². The molecule has 0 aromatic carbocycles. The fourth-order valence-corrected chi connectivity index (χ4v) is 1.10. The summed E-state index contributed by atoms with van der Waals surface area (Å²) in [7, 11) is 0. The van der Waals surface area contributed by atoms with Crippen molar-refractivity contribution < 1.29 is 30.0 Å². The van der Waals surface area contributed by atoms with Crippen molar-refractivity contribution in [3.05, 3.63) is 0 Å². The summed E-state index contributed by atoms with van der Waals surface area (Å²) < 4.78 is 0. The SMILES string of the molecule is CC(=O)NN(C[C@@H](O)[C@@H](O)[C@H](O)CO)C(C)=O. The van der Waals surface area contributed by atoms with Crippen molar-refractivity contribution in [2.24, 2.45) is 0 Å². The average Bonchev–Trinajstić information content (AvgIpc) is 2.25. The Hall–Kier alpha value is -1.22. The van der Waals surface area contributed by atoms with Gasteiger partial charge in [0.2, 0.25) is 11.8 Å². The van der Waals surface area contributed by atoms with E-state index in [1.165, 1.54) is 6.92 Å². The molecule has 2 amide bonds. The molecular formula is C9H18N2O6. The highest BCUT2D eigenvalue weighted by Crippen LogP contribution is 2.02. The highest BCUT2D eigenvalue weighted by atomic mass is 16.4. The molecule has 0 aliphatic rings. The Morgan fingerprint density at radius 3 is 2.06 bits per heavy atom. The highest BCUT2D eigenvalue weighted by molar-refractivity contribution is 5.79. The lowest BCUT2D eigenvalue weighted by Crippen LogP contribution is -2.52. The van der Waals surface area contributed by atoms with E-state index in [1.807, 2.05) is 0 Å². The van der Waals surface area contributed by atoms with E-state index in [2.05, 4.69) is 5.43 Å². The lowest BCUT2D eigenvalue weighted by atomic mass is 10.1. The number of rotatable bonds is 5. The van der Waals surface area contributed by atoms with Crippen LogP contribution in [0, 0.1) is 0 Å². The van der Waals surface area contributed by atoms with Crippen molar-refractivity contribution in [3.8, 4) is 0 Å². The average molecular weight is 250 g/mol. The summed E-state index contributed by atoms with van der Waals surface area (Å²) in [6.45, 7) is 1.23. The van der Waals surface area contributed by atoms with Crippen LogP contribution in [-0.2, 0) is 9.59 Å². The fraction of sp³-hybridized carbons (Fsp3) is 0.778. The number of carbonyl (C=O) groups is 2. The molecule has 0 fully saturated rings. The number of hydrogen-bond acceptors (Lipinski definition) is 6. The Labute approximate surface area is 98.4 Å². The van der Waals surface area contributed by atoms with Gasteiger partial charge >= 0.3 is 0 Å². The second-order valence-electron chi connectivity index (χ2n) is 3.61. The maximum Gasteiger partial charge on any atom is 0.237 e. The smallest absolute Gasteiger partial charge is 0.237 e. The van der Waals surface area contributed by atoms with Crippen LogP contribution in [0.2, 0.25) is 0 Å². The van der Waals surface area contributed by atoms with Gasteiger partial charge < -0.3 is 20.4 Å². The summed E-state index contributed by atoms with van der Waals surface area (Å²) in [5.74, 6) is -1.05. The third-order valence-corrected chi connectivity index (χ3v) is 2.02. The third-order valence-electron chi connectivity index (χ3n) is 2.02. The van der Waals surface area contributed by atoms with Crippen LogP contribution < -0.4 is 5.43 Å². The number of aliphatic hydroxyl groups excluding tert-OH is 4. The van der Waals surface area contributed by atoms with Gasteiger partial charge in [-0.05, 0) is 0 Å². The molecule has 100 valence electrons. The Balaban J connectivity index is 4.44. The minimum absolute atomic E-state index is 0.396. The first-order chi connectivity index (χ1) is 7.79. The van der Waals surface area contributed by atoms with Crippen LogP contribution in [0.3, 0.4) is 0 Å². The molecule has 0 aromatic rings. The zero-order valence-corrected chi connectivity index (χ0v) is 9.70. The van der Waals surface area contributed by atoms with Gasteiger partial charge in [0.05, 0.1) is 13.2 Å². The van der Waals surface area contributed by atoms with Gasteiger partial charge in [-0.25, -0.2) is 0 Å². The fourth-order valence-electron chi connectivity index (χ4n) is 1.10. The van der Waals surface area contributed by atoms with Crippen LogP contribution in [0.1, 0.15) is 13.8 Å². The van der Waals surface area contributed by atoms with E-state index in [9.17, 15) is 19.8 Å². The largest absolute Gasteiger partial charge is 0.394 e. The van der Waals surface area contributed by atoms with Crippen LogP contribution in [-0.4, -0.2) is 68.7 Å². The highest BCUT2D eigenvalue weighted by Gasteiger charge is 2.27. The lowest BCUT2D eigenvalue weighted by molar-refractivity contribution is -0.144. The van der Waals surface area contributed by atoms with Crippen molar-refractivity contribution in [1.82, 2.24) is 10.4 Å². The molecule has 0 bridgehead atoms. The van der Waals surface area contributed by atoms with Crippen molar-refractivity contribution in [3.63, 3.8) is 0 Å². The topological polar surface area (TPSA) is 130 Å². The molecule has 0 radical (unpaired) electrons. The van der Waals surface area contributed by atoms with Gasteiger partial charge in [-0.15, -0.1) is 0 Å². The second kappa shape index (κ2) is 7.17. The van der Waals surface area contributed by atoms with E-state index in [1.54, 1.807) is 0 Å². The quantitative estimate of drug-likeness (QED) is 0.330. The Morgan fingerprint density at radius 2 is 1.71 bits per heavy atom. The molecule has 17 heavy (non-hydrogen) atoms. The molecule has 0 rings (SSSR count). The maximum absolute atomic E-state index is 11.1. The molecule has 5 N–H and O–H groups in total. The molecule has 3 atom stereocenters. The summed E-state index contributed by atoms with van der Waals surface area (Å²) >= 11 is 0. The number of nitrogens with one attached hydrogen (secondary N) is 1. The molecule has 0 heterocycles.